The van der Waals surface area contributed by atoms with Gasteiger partial charge < -0.3 is 20.9 Å². The Kier molecular flexibility index (Phi) is 8.63. The lowest BCUT2D eigenvalue weighted by Gasteiger charge is -2.34. The van der Waals surface area contributed by atoms with E-state index < -0.39 is 0 Å². The van der Waals surface area contributed by atoms with E-state index in [2.05, 4.69) is 94.2 Å². The molecule has 0 aliphatic carbocycles. The van der Waals surface area contributed by atoms with Crippen LogP contribution >= 0.6 is 0 Å². The van der Waals surface area contributed by atoms with E-state index in [1.807, 2.05) is 18.2 Å². The number of benzene rings is 3. The number of rotatable bonds is 8. The fourth-order valence-electron chi connectivity index (χ4n) is 6.03. The molecular formula is C34H41N7O. The maximum Gasteiger partial charge on any atom is 0.241 e. The van der Waals surface area contributed by atoms with Gasteiger partial charge in [0.2, 0.25) is 11.9 Å². The molecule has 2 fully saturated rings. The molecule has 8 heteroatoms. The van der Waals surface area contributed by atoms with Gasteiger partial charge in [0.25, 0.3) is 0 Å². The number of piperidine rings is 1. The Hall–Kier alpha value is -4.01. The number of nitrogens with one attached hydrogen (secondary N) is 3. The molecule has 2 aliphatic heterocycles. The fraction of sp³-hybridized carbons (Fsp3) is 0.382. The zero-order valence-corrected chi connectivity index (χ0v) is 24.6. The molecule has 2 atom stereocenters. The summed E-state index contributed by atoms with van der Waals surface area (Å²) in [6.45, 7) is 9.36. The van der Waals surface area contributed by atoms with Crippen LogP contribution < -0.4 is 20.9 Å². The van der Waals surface area contributed by atoms with Crippen LogP contribution in [0.3, 0.4) is 0 Å². The van der Waals surface area contributed by atoms with Crippen molar-refractivity contribution in [3.63, 3.8) is 0 Å². The molecule has 0 radical (unpaired) electrons. The lowest BCUT2D eigenvalue weighted by molar-refractivity contribution is -0.122. The monoisotopic (exact) mass is 563 g/mol. The van der Waals surface area contributed by atoms with Crippen LogP contribution in [0.5, 0.6) is 0 Å². The van der Waals surface area contributed by atoms with E-state index >= 15 is 0 Å². The Morgan fingerprint density at radius 1 is 0.976 bits per heavy atom. The second-order valence-electron chi connectivity index (χ2n) is 11.7. The Morgan fingerprint density at radius 3 is 2.62 bits per heavy atom. The quantitative estimate of drug-likeness (QED) is 0.267. The molecule has 3 N–H and O–H groups in total. The van der Waals surface area contributed by atoms with Gasteiger partial charge in [0.1, 0.15) is 5.82 Å². The topological polar surface area (TPSA) is 85.4 Å². The van der Waals surface area contributed by atoms with Gasteiger partial charge in [0.05, 0.1) is 11.6 Å². The Bertz CT molecular complexity index is 1510. The number of piperazine rings is 1. The number of anilines is 3. The molecule has 42 heavy (non-hydrogen) atoms. The second-order valence-corrected chi connectivity index (χ2v) is 11.7. The average molecular weight is 564 g/mol. The minimum atomic E-state index is -0.109. The molecule has 1 aromatic heterocycles. The van der Waals surface area contributed by atoms with E-state index in [9.17, 15) is 4.79 Å². The van der Waals surface area contributed by atoms with Crippen LogP contribution in [0.4, 0.5) is 17.5 Å². The first-order valence-electron chi connectivity index (χ1n) is 15.2. The third-order valence-corrected chi connectivity index (χ3v) is 8.32. The molecule has 1 amide bonds. The van der Waals surface area contributed by atoms with Crippen molar-refractivity contribution in [3.05, 3.63) is 89.5 Å². The number of hydrogen-bond donors (Lipinski definition) is 3. The summed E-state index contributed by atoms with van der Waals surface area (Å²) >= 11 is 0. The van der Waals surface area contributed by atoms with E-state index in [4.69, 9.17) is 9.97 Å². The highest BCUT2D eigenvalue weighted by atomic mass is 16.2. The molecule has 218 valence electrons. The maximum absolute atomic E-state index is 13.3. The smallest absolute Gasteiger partial charge is 0.241 e. The SMILES string of the molecule is Cc1ccc2nc(N3CCN[C@H](C)C3)nc(NCc3ccc(NC(=O)C4CCCCN4Cc4ccccc4)cc3)c2c1. The second kappa shape index (κ2) is 12.9. The summed E-state index contributed by atoms with van der Waals surface area (Å²) in [5, 5.41) is 11.3. The number of hydrogen-bond acceptors (Lipinski definition) is 7. The number of amides is 1. The number of carbonyl (C=O) groups is 1. The number of fused-ring (bicyclic) bond motifs is 1. The number of carbonyl (C=O) groups excluding carboxylic acids is 1. The summed E-state index contributed by atoms with van der Waals surface area (Å²) in [6, 6.07) is 25.2. The van der Waals surface area contributed by atoms with Crippen LogP contribution in [0, 0.1) is 6.92 Å². The Balaban J connectivity index is 1.12. The number of nitrogens with zero attached hydrogens (tertiary/aromatic N) is 4. The molecule has 8 nitrogen and oxygen atoms in total. The van der Waals surface area contributed by atoms with E-state index in [0.717, 1.165) is 85.9 Å². The van der Waals surface area contributed by atoms with Crippen molar-refractivity contribution < 1.29 is 4.79 Å². The van der Waals surface area contributed by atoms with Crippen molar-refractivity contribution in [3.8, 4) is 0 Å². The molecule has 1 unspecified atom stereocenters. The van der Waals surface area contributed by atoms with Crippen LogP contribution in [0.1, 0.15) is 42.9 Å². The maximum atomic E-state index is 13.3. The third kappa shape index (κ3) is 6.72. The highest BCUT2D eigenvalue weighted by Gasteiger charge is 2.28. The zero-order chi connectivity index (χ0) is 28.9. The largest absolute Gasteiger partial charge is 0.365 e. The summed E-state index contributed by atoms with van der Waals surface area (Å²) in [5.74, 6) is 1.69. The zero-order valence-electron chi connectivity index (χ0n) is 24.6. The van der Waals surface area contributed by atoms with Crippen molar-refractivity contribution in [2.45, 2.75) is 58.3 Å². The van der Waals surface area contributed by atoms with E-state index in [1.54, 1.807) is 0 Å². The van der Waals surface area contributed by atoms with Gasteiger partial charge in [-0.3, -0.25) is 9.69 Å². The van der Waals surface area contributed by atoms with Crippen molar-refractivity contribution in [1.82, 2.24) is 20.2 Å². The highest BCUT2D eigenvalue weighted by Crippen LogP contribution is 2.26. The van der Waals surface area contributed by atoms with E-state index in [-0.39, 0.29) is 11.9 Å². The number of aromatic nitrogens is 2. The average Bonchev–Trinajstić information content (AvgIpc) is 3.01. The van der Waals surface area contributed by atoms with Gasteiger partial charge in [0, 0.05) is 49.8 Å². The first-order chi connectivity index (χ1) is 20.5. The summed E-state index contributed by atoms with van der Waals surface area (Å²) < 4.78 is 0. The Labute approximate surface area is 248 Å². The molecule has 0 bridgehead atoms. The first-order valence-corrected chi connectivity index (χ1v) is 15.2. The number of likely N-dealkylation sites (tertiary alicyclic amines) is 1. The predicted molar refractivity (Wildman–Crippen MR) is 171 cm³/mol. The molecule has 4 aromatic rings. The predicted octanol–water partition coefficient (Wildman–Crippen LogP) is 5.34. The molecule has 0 spiro atoms. The van der Waals surface area contributed by atoms with Crippen molar-refractivity contribution in [2.24, 2.45) is 0 Å². The normalized spacial score (nSPS) is 19.5. The van der Waals surface area contributed by atoms with Gasteiger partial charge >= 0.3 is 0 Å². The summed E-state index contributed by atoms with van der Waals surface area (Å²) in [4.78, 5) is 27.8. The molecular weight excluding hydrogens is 522 g/mol. The highest BCUT2D eigenvalue weighted by molar-refractivity contribution is 5.95. The molecule has 2 aliphatic rings. The minimum absolute atomic E-state index is 0.0779. The van der Waals surface area contributed by atoms with Crippen molar-refractivity contribution in [2.75, 3.05) is 41.7 Å². The van der Waals surface area contributed by atoms with Crippen LogP contribution in [-0.4, -0.2) is 59.0 Å². The first kappa shape index (κ1) is 28.1. The molecule has 6 rings (SSSR count). The van der Waals surface area contributed by atoms with Crippen molar-refractivity contribution >= 4 is 34.3 Å². The fourth-order valence-corrected chi connectivity index (χ4v) is 6.03. The lowest BCUT2D eigenvalue weighted by atomic mass is 10.00. The standard InChI is InChI=1S/C34H41N7O/c1-24-11-16-30-29(20-24)32(39-34(38-30)41-19-17-35-25(2)22-41)36-21-26-12-14-28(15-13-26)37-33(42)31-10-6-7-18-40(31)23-27-8-4-3-5-9-27/h3-5,8-9,11-16,20,25,31,35H,6-7,10,17-19,21-23H2,1-2H3,(H,37,42)(H,36,38,39)/t25-,31?/m1/s1. The summed E-state index contributed by atoms with van der Waals surface area (Å²) in [5.41, 5.74) is 5.31. The van der Waals surface area contributed by atoms with Crippen molar-refractivity contribution in [1.29, 1.82) is 0 Å². The van der Waals surface area contributed by atoms with Gasteiger partial charge in [-0.15, -0.1) is 0 Å². The van der Waals surface area contributed by atoms with Crippen LogP contribution in [0.15, 0.2) is 72.8 Å². The molecule has 2 saturated heterocycles. The Morgan fingerprint density at radius 2 is 1.81 bits per heavy atom. The van der Waals surface area contributed by atoms with E-state index in [1.165, 1.54) is 11.1 Å². The third-order valence-electron chi connectivity index (χ3n) is 8.32. The lowest BCUT2D eigenvalue weighted by Crippen LogP contribution is -2.49. The molecule has 0 saturated carbocycles. The van der Waals surface area contributed by atoms with Gasteiger partial charge in [-0.2, -0.15) is 4.98 Å². The van der Waals surface area contributed by atoms with Crippen LogP contribution in [-0.2, 0) is 17.9 Å². The van der Waals surface area contributed by atoms with Gasteiger partial charge in [-0.1, -0.05) is 60.5 Å². The molecule has 3 aromatic carbocycles. The summed E-state index contributed by atoms with van der Waals surface area (Å²) in [7, 11) is 0. The van der Waals surface area contributed by atoms with E-state index in [0.29, 0.717) is 12.6 Å². The number of aryl methyl sites for hydroxylation is 1. The van der Waals surface area contributed by atoms with Gasteiger partial charge in [-0.25, -0.2) is 4.98 Å². The van der Waals surface area contributed by atoms with Crippen LogP contribution in [0.2, 0.25) is 0 Å². The van der Waals surface area contributed by atoms with Gasteiger partial charge in [0.15, 0.2) is 0 Å². The van der Waals surface area contributed by atoms with Crippen LogP contribution in [0.25, 0.3) is 10.9 Å². The minimum Gasteiger partial charge on any atom is -0.365 e. The van der Waals surface area contributed by atoms with Gasteiger partial charge in [-0.05, 0) is 68.6 Å². The summed E-state index contributed by atoms with van der Waals surface area (Å²) in [6.07, 6.45) is 3.11. The molecule has 3 heterocycles.